The highest BCUT2D eigenvalue weighted by atomic mass is 32.2. The number of hydrogen-bond acceptors (Lipinski definition) is 4. The first kappa shape index (κ1) is 19.0. The van der Waals surface area contributed by atoms with Crippen molar-refractivity contribution in [2.24, 2.45) is 5.92 Å². The molecule has 0 unspecified atom stereocenters. The Balaban J connectivity index is 1.69. The summed E-state index contributed by atoms with van der Waals surface area (Å²) in [5.41, 5.74) is 0.596. The van der Waals surface area contributed by atoms with Gasteiger partial charge in [-0.15, -0.1) is 0 Å². The van der Waals surface area contributed by atoms with Gasteiger partial charge in [-0.3, -0.25) is 9.59 Å². The zero-order valence-corrected chi connectivity index (χ0v) is 15.5. The lowest BCUT2D eigenvalue weighted by atomic mass is 10.1. The molecule has 1 saturated heterocycles. The van der Waals surface area contributed by atoms with Crippen molar-refractivity contribution in [3.63, 3.8) is 0 Å². The Labute approximate surface area is 156 Å². The molecule has 6 nitrogen and oxygen atoms in total. The molecule has 0 aromatic heterocycles. The molecule has 0 radical (unpaired) electrons. The number of rotatable bonds is 5. The van der Waals surface area contributed by atoms with Gasteiger partial charge in [-0.05, 0) is 36.4 Å². The van der Waals surface area contributed by atoms with Crippen molar-refractivity contribution in [2.75, 3.05) is 22.5 Å². The molecular formula is C19H19FN2O4S. The van der Waals surface area contributed by atoms with Gasteiger partial charge in [0.2, 0.25) is 11.8 Å². The molecular weight excluding hydrogens is 371 g/mol. The maximum atomic E-state index is 13.9. The SMILES string of the molecule is CCS(=O)(=O)c1ccc(NC(=O)[C@H]2CC(=O)N(c3ccccc3F)C2)cc1. The predicted octanol–water partition coefficient (Wildman–Crippen LogP) is 2.61. The highest BCUT2D eigenvalue weighted by molar-refractivity contribution is 7.91. The van der Waals surface area contributed by atoms with E-state index >= 15 is 0 Å². The average Bonchev–Trinajstić information content (AvgIpc) is 3.04. The van der Waals surface area contributed by atoms with Crippen LogP contribution in [0.4, 0.5) is 15.8 Å². The van der Waals surface area contributed by atoms with Crippen molar-refractivity contribution < 1.29 is 22.4 Å². The quantitative estimate of drug-likeness (QED) is 0.851. The van der Waals surface area contributed by atoms with Crippen LogP contribution >= 0.6 is 0 Å². The van der Waals surface area contributed by atoms with Crippen LogP contribution in [0.5, 0.6) is 0 Å². The third-order valence-electron chi connectivity index (χ3n) is 4.50. The highest BCUT2D eigenvalue weighted by Gasteiger charge is 2.36. The zero-order valence-electron chi connectivity index (χ0n) is 14.7. The number of hydrogen-bond donors (Lipinski definition) is 1. The standard InChI is InChI=1S/C19H19FN2O4S/c1-2-27(25,26)15-9-7-14(8-10-15)21-19(24)13-11-18(23)22(12-13)17-6-4-3-5-16(17)20/h3-10,13H,2,11-12H2,1H3,(H,21,24)/t13-/m0/s1. The number of nitrogens with zero attached hydrogens (tertiary/aromatic N) is 1. The van der Waals surface area contributed by atoms with Crippen molar-refractivity contribution in [2.45, 2.75) is 18.2 Å². The highest BCUT2D eigenvalue weighted by Crippen LogP contribution is 2.28. The molecule has 8 heteroatoms. The number of carbonyl (C=O) groups is 2. The van der Waals surface area contributed by atoms with E-state index in [1.807, 2.05) is 0 Å². The lowest BCUT2D eigenvalue weighted by Crippen LogP contribution is -2.28. The molecule has 0 spiro atoms. The van der Waals surface area contributed by atoms with Crippen molar-refractivity contribution in [3.05, 3.63) is 54.3 Å². The molecule has 27 heavy (non-hydrogen) atoms. The number of halogens is 1. The first-order valence-corrected chi connectivity index (χ1v) is 10.2. The van der Waals surface area contributed by atoms with Crippen LogP contribution in [0.15, 0.2) is 53.4 Å². The minimum Gasteiger partial charge on any atom is -0.326 e. The summed E-state index contributed by atoms with van der Waals surface area (Å²) in [6.07, 6.45) is -0.0114. The van der Waals surface area contributed by atoms with Crippen molar-refractivity contribution in [1.82, 2.24) is 0 Å². The van der Waals surface area contributed by atoms with Crippen molar-refractivity contribution in [1.29, 1.82) is 0 Å². The number of amides is 2. The summed E-state index contributed by atoms with van der Waals surface area (Å²) in [4.78, 5) is 26.1. The molecule has 142 valence electrons. The van der Waals surface area contributed by atoms with E-state index in [0.29, 0.717) is 5.69 Å². The van der Waals surface area contributed by atoms with Crippen LogP contribution in [0, 0.1) is 11.7 Å². The van der Waals surface area contributed by atoms with Crippen LogP contribution < -0.4 is 10.2 Å². The van der Waals surface area contributed by atoms with Gasteiger partial charge in [0, 0.05) is 18.7 Å². The summed E-state index contributed by atoms with van der Waals surface area (Å²) >= 11 is 0. The molecule has 0 aliphatic carbocycles. The second-order valence-corrected chi connectivity index (χ2v) is 8.55. The smallest absolute Gasteiger partial charge is 0.229 e. The molecule has 1 fully saturated rings. The molecule has 1 aliphatic rings. The summed E-state index contributed by atoms with van der Waals surface area (Å²) in [6.45, 7) is 1.65. The molecule has 3 rings (SSSR count). The summed E-state index contributed by atoms with van der Waals surface area (Å²) < 4.78 is 37.5. The number of carbonyl (C=O) groups excluding carboxylic acids is 2. The predicted molar refractivity (Wildman–Crippen MR) is 99.7 cm³/mol. The molecule has 2 aromatic carbocycles. The zero-order chi connectivity index (χ0) is 19.6. The number of sulfone groups is 1. The summed E-state index contributed by atoms with van der Waals surface area (Å²) in [6, 6.07) is 11.8. The Morgan fingerprint density at radius 3 is 2.48 bits per heavy atom. The third kappa shape index (κ3) is 4.00. The number of nitrogens with one attached hydrogen (secondary N) is 1. The Hall–Kier alpha value is -2.74. The van der Waals surface area contributed by atoms with Crippen LogP contribution in [0.3, 0.4) is 0 Å². The molecule has 1 aliphatic heterocycles. The summed E-state index contributed by atoms with van der Waals surface area (Å²) in [5, 5.41) is 2.68. The molecule has 0 bridgehead atoms. The van der Waals surface area contributed by atoms with E-state index in [1.54, 1.807) is 13.0 Å². The molecule has 2 aromatic rings. The van der Waals surface area contributed by atoms with E-state index in [2.05, 4.69) is 5.32 Å². The van der Waals surface area contributed by atoms with Gasteiger partial charge < -0.3 is 10.2 Å². The van der Waals surface area contributed by atoms with Gasteiger partial charge in [-0.25, -0.2) is 12.8 Å². The maximum Gasteiger partial charge on any atom is 0.229 e. The Kier molecular flexibility index (Phi) is 5.27. The van der Waals surface area contributed by atoms with Crippen LogP contribution in [-0.2, 0) is 19.4 Å². The molecule has 1 atom stereocenters. The number of anilines is 2. The summed E-state index contributed by atoms with van der Waals surface area (Å²) in [5.74, 6) is -1.82. The molecule has 1 heterocycles. The average molecular weight is 390 g/mol. The Bertz CT molecular complexity index is 973. The largest absolute Gasteiger partial charge is 0.326 e. The minimum atomic E-state index is -3.31. The monoisotopic (exact) mass is 390 g/mol. The third-order valence-corrected chi connectivity index (χ3v) is 6.25. The van der Waals surface area contributed by atoms with Crippen molar-refractivity contribution >= 4 is 33.0 Å². The lowest BCUT2D eigenvalue weighted by Gasteiger charge is -2.17. The van der Waals surface area contributed by atoms with Gasteiger partial charge in [-0.1, -0.05) is 19.1 Å². The normalized spacial score (nSPS) is 17.2. The topological polar surface area (TPSA) is 83.5 Å². The van der Waals surface area contributed by atoms with E-state index in [1.165, 1.54) is 47.4 Å². The molecule has 1 N–H and O–H groups in total. The fourth-order valence-corrected chi connectivity index (χ4v) is 3.83. The van der Waals surface area contributed by atoms with Crippen LogP contribution in [-0.4, -0.2) is 32.5 Å². The van der Waals surface area contributed by atoms with Crippen LogP contribution in [0.2, 0.25) is 0 Å². The first-order chi connectivity index (χ1) is 12.8. The first-order valence-electron chi connectivity index (χ1n) is 8.50. The van der Waals surface area contributed by atoms with E-state index in [4.69, 9.17) is 0 Å². The Morgan fingerprint density at radius 2 is 1.85 bits per heavy atom. The molecule has 2 amide bonds. The van der Waals surface area contributed by atoms with Crippen molar-refractivity contribution in [3.8, 4) is 0 Å². The maximum absolute atomic E-state index is 13.9. The van der Waals surface area contributed by atoms with E-state index in [9.17, 15) is 22.4 Å². The van der Waals surface area contributed by atoms with Gasteiger partial charge >= 0.3 is 0 Å². The summed E-state index contributed by atoms with van der Waals surface area (Å²) in [7, 11) is -3.31. The second-order valence-electron chi connectivity index (χ2n) is 6.27. The fourth-order valence-electron chi connectivity index (χ4n) is 2.94. The van der Waals surface area contributed by atoms with Gasteiger partial charge in [0.15, 0.2) is 9.84 Å². The van der Waals surface area contributed by atoms with Gasteiger partial charge in [0.05, 0.1) is 22.3 Å². The lowest BCUT2D eigenvalue weighted by molar-refractivity contribution is -0.122. The number of benzene rings is 2. The van der Waals surface area contributed by atoms with Crippen LogP contribution in [0.1, 0.15) is 13.3 Å². The van der Waals surface area contributed by atoms with E-state index in [-0.39, 0.29) is 41.1 Å². The minimum absolute atomic E-state index is 0.00519. The van der Waals surface area contributed by atoms with E-state index < -0.39 is 21.6 Å². The van der Waals surface area contributed by atoms with Gasteiger partial charge in [-0.2, -0.15) is 0 Å². The molecule has 0 saturated carbocycles. The van der Waals surface area contributed by atoms with Crippen LogP contribution in [0.25, 0.3) is 0 Å². The Morgan fingerprint density at radius 1 is 1.19 bits per heavy atom. The number of para-hydroxylation sites is 1. The van der Waals surface area contributed by atoms with Gasteiger partial charge in [0.1, 0.15) is 5.82 Å². The van der Waals surface area contributed by atoms with Gasteiger partial charge in [0.25, 0.3) is 0 Å². The second kappa shape index (κ2) is 7.48. The fraction of sp³-hybridized carbons (Fsp3) is 0.263. The van der Waals surface area contributed by atoms with E-state index in [0.717, 1.165) is 0 Å².